The molecule has 7 nitrogen and oxygen atoms in total. The number of sulfonamides is 1. The fraction of sp³-hybridized carbons (Fsp3) is 0.500. The number of hydrogen-bond acceptors (Lipinski definition) is 4. The number of nitrogens with one attached hydrogen (secondary N) is 1. The van der Waals surface area contributed by atoms with Crippen LogP contribution in [0.15, 0.2) is 42.5 Å². The number of aryl methyl sites for hydroxylation is 3. The smallest absolute Gasteiger partial charge is 0.242 e. The van der Waals surface area contributed by atoms with Crippen molar-refractivity contribution in [2.75, 3.05) is 17.1 Å². The fourth-order valence-corrected chi connectivity index (χ4v) is 4.93. The summed E-state index contributed by atoms with van der Waals surface area (Å²) < 4.78 is 26.5. The van der Waals surface area contributed by atoms with E-state index in [0.29, 0.717) is 18.7 Å². The molecule has 36 heavy (non-hydrogen) atoms. The molecule has 0 saturated carbocycles. The number of carbonyl (C=O) groups is 2. The molecule has 2 amide bonds. The number of amides is 2. The third kappa shape index (κ3) is 8.66. The molecule has 0 aromatic heterocycles. The van der Waals surface area contributed by atoms with Crippen LogP contribution in [0.2, 0.25) is 0 Å². The summed E-state index contributed by atoms with van der Waals surface area (Å²) in [6.45, 7) is 13.7. The van der Waals surface area contributed by atoms with E-state index in [9.17, 15) is 18.0 Å². The Morgan fingerprint density at radius 3 is 2.11 bits per heavy atom. The Hall–Kier alpha value is -2.87. The molecule has 0 radical (unpaired) electrons. The summed E-state index contributed by atoms with van der Waals surface area (Å²) in [5, 5.41) is 2.96. The molecule has 0 aliphatic carbocycles. The average molecular weight is 516 g/mol. The van der Waals surface area contributed by atoms with Crippen LogP contribution in [0, 0.1) is 20.8 Å². The van der Waals surface area contributed by atoms with Gasteiger partial charge in [-0.3, -0.25) is 13.9 Å². The average Bonchev–Trinajstić information content (AvgIpc) is 2.75. The van der Waals surface area contributed by atoms with Gasteiger partial charge in [0, 0.05) is 25.0 Å². The van der Waals surface area contributed by atoms with Crippen molar-refractivity contribution < 1.29 is 18.0 Å². The van der Waals surface area contributed by atoms with Gasteiger partial charge in [0.15, 0.2) is 0 Å². The minimum atomic E-state index is -3.53. The van der Waals surface area contributed by atoms with Gasteiger partial charge in [0.2, 0.25) is 21.8 Å². The van der Waals surface area contributed by atoms with Gasteiger partial charge in [-0.15, -0.1) is 0 Å². The summed E-state index contributed by atoms with van der Waals surface area (Å²) >= 11 is 0. The molecule has 0 fully saturated rings. The van der Waals surface area contributed by atoms with Gasteiger partial charge < -0.3 is 10.2 Å². The van der Waals surface area contributed by atoms with Crippen LogP contribution >= 0.6 is 0 Å². The number of nitrogens with zero attached hydrogens (tertiary/aromatic N) is 2. The second-order valence-corrected chi connectivity index (χ2v) is 12.6. The molecule has 0 unspecified atom stereocenters. The monoisotopic (exact) mass is 515 g/mol. The second kappa shape index (κ2) is 11.9. The molecule has 0 aliphatic heterocycles. The van der Waals surface area contributed by atoms with Crippen LogP contribution in [0.1, 0.15) is 62.8 Å². The zero-order valence-corrected chi connectivity index (χ0v) is 23.7. The van der Waals surface area contributed by atoms with Crippen molar-refractivity contribution >= 4 is 27.5 Å². The number of benzene rings is 2. The van der Waals surface area contributed by atoms with Gasteiger partial charge in [-0.25, -0.2) is 8.42 Å². The molecule has 2 aromatic carbocycles. The highest BCUT2D eigenvalue weighted by Crippen LogP contribution is 2.24. The van der Waals surface area contributed by atoms with Gasteiger partial charge in [0.25, 0.3) is 0 Å². The lowest BCUT2D eigenvalue weighted by Gasteiger charge is -2.32. The maximum atomic E-state index is 13.4. The first-order valence-electron chi connectivity index (χ1n) is 12.3. The van der Waals surface area contributed by atoms with E-state index >= 15 is 0 Å². The molecule has 0 saturated heterocycles. The van der Waals surface area contributed by atoms with E-state index in [1.165, 1.54) is 10.6 Å². The summed E-state index contributed by atoms with van der Waals surface area (Å²) in [5.41, 5.74) is 4.06. The maximum absolute atomic E-state index is 13.4. The molecule has 2 rings (SSSR count). The maximum Gasteiger partial charge on any atom is 0.242 e. The van der Waals surface area contributed by atoms with Gasteiger partial charge >= 0.3 is 0 Å². The summed E-state index contributed by atoms with van der Waals surface area (Å²) in [4.78, 5) is 27.9. The van der Waals surface area contributed by atoms with Crippen molar-refractivity contribution in [3.8, 4) is 0 Å². The first-order valence-corrected chi connectivity index (χ1v) is 14.2. The third-order valence-electron chi connectivity index (χ3n) is 5.92. The first-order chi connectivity index (χ1) is 16.6. The van der Waals surface area contributed by atoms with Crippen molar-refractivity contribution in [2.45, 2.75) is 79.4 Å². The number of hydrogen-bond donors (Lipinski definition) is 1. The van der Waals surface area contributed by atoms with Crippen molar-refractivity contribution in [1.29, 1.82) is 0 Å². The summed E-state index contributed by atoms with van der Waals surface area (Å²) in [5.74, 6) is -0.419. The van der Waals surface area contributed by atoms with Crippen molar-refractivity contribution in [3.63, 3.8) is 0 Å². The molecular formula is C28H41N3O4S. The molecular weight excluding hydrogens is 474 g/mol. The van der Waals surface area contributed by atoms with Gasteiger partial charge in [0.1, 0.15) is 6.04 Å². The molecule has 1 atom stereocenters. The number of rotatable bonds is 10. The van der Waals surface area contributed by atoms with Gasteiger partial charge in [-0.1, -0.05) is 42.0 Å². The van der Waals surface area contributed by atoms with Crippen LogP contribution in [0.5, 0.6) is 0 Å². The van der Waals surface area contributed by atoms with Crippen LogP contribution in [-0.4, -0.2) is 49.5 Å². The highest BCUT2D eigenvalue weighted by Gasteiger charge is 2.28. The van der Waals surface area contributed by atoms with E-state index in [1.807, 2.05) is 84.0 Å². The lowest BCUT2D eigenvalue weighted by atomic mass is 10.1. The minimum Gasteiger partial charge on any atom is -0.350 e. The molecule has 0 spiro atoms. The predicted molar refractivity (Wildman–Crippen MR) is 146 cm³/mol. The van der Waals surface area contributed by atoms with Gasteiger partial charge in [-0.2, -0.15) is 0 Å². The third-order valence-corrected chi connectivity index (χ3v) is 7.10. The van der Waals surface area contributed by atoms with Crippen LogP contribution in [-0.2, 0) is 26.2 Å². The van der Waals surface area contributed by atoms with Crippen LogP contribution < -0.4 is 9.62 Å². The minimum absolute atomic E-state index is 0.121. The fourth-order valence-electron chi connectivity index (χ4n) is 3.92. The highest BCUT2D eigenvalue weighted by atomic mass is 32.2. The lowest BCUT2D eigenvalue weighted by Crippen LogP contribution is -2.52. The van der Waals surface area contributed by atoms with Crippen molar-refractivity contribution in [2.24, 2.45) is 0 Å². The summed E-state index contributed by atoms with van der Waals surface area (Å²) in [6.07, 6.45) is 1.63. The van der Waals surface area contributed by atoms with E-state index in [1.54, 1.807) is 11.8 Å². The van der Waals surface area contributed by atoms with E-state index in [4.69, 9.17) is 0 Å². The Labute approximate surface area is 216 Å². The predicted octanol–water partition coefficient (Wildman–Crippen LogP) is 4.49. The van der Waals surface area contributed by atoms with E-state index in [2.05, 4.69) is 5.32 Å². The Morgan fingerprint density at radius 1 is 0.972 bits per heavy atom. The standard InChI is InChI=1S/C28H41N3O4S/c1-20-12-15-24(16-13-20)19-30(23(4)27(33)29-28(5,6)7)26(32)10-9-17-31(36(8,34)35)25-18-21(2)11-14-22(25)3/h11-16,18,23H,9-10,17,19H2,1-8H3,(H,29,33)/t23-/m1/s1. The number of carbonyl (C=O) groups excluding carboxylic acids is 2. The van der Waals surface area contributed by atoms with Crippen molar-refractivity contribution in [1.82, 2.24) is 10.2 Å². The SMILES string of the molecule is Cc1ccc(CN(C(=O)CCCN(c2cc(C)ccc2C)S(C)(=O)=O)[C@H](C)C(=O)NC(C)(C)C)cc1. The Bertz CT molecular complexity index is 1170. The molecule has 0 bridgehead atoms. The first kappa shape index (κ1) is 29.4. The van der Waals surface area contributed by atoms with Crippen LogP contribution in [0.4, 0.5) is 5.69 Å². The highest BCUT2D eigenvalue weighted by molar-refractivity contribution is 7.92. The molecule has 0 aliphatic rings. The molecule has 2 aromatic rings. The Morgan fingerprint density at radius 2 is 1.56 bits per heavy atom. The van der Waals surface area contributed by atoms with Crippen LogP contribution in [0.25, 0.3) is 0 Å². The van der Waals surface area contributed by atoms with E-state index in [-0.39, 0.29) is 24.8 Å². The zero-order valence-electron chi connectivity index (χ0n) is 22.9. The topological polar surface area (TPSA) is 86.8 Å². The van der Waals surface area contributed by atoms with E-state index < -0.39 is 21.6 Å². The summed E-state index contributed by atoms with van der Waals surface area (Å²) in [7, 11) is -3.53. The lowest BCUT2D eigenvalue weighted by molar-refractivity contribution is -0.141. The Balaban J connectivity index is 2.22. The summed E-state index contributed by atoms with van der Waals surface area (Å²) in [6, 6.07) is 12.9. The normalized spacial score (nSPS) is 12.7. The van der Waals surface area contributed by atoms with Gasteiger partial charge in [-0.05, 0) is 77.6 Å². The molecule has 0 heterocycles. The molecule has 1 N–H and O–H groups in total. The zero-order chi connectivity index (χ0) is 27.3. The molecule has 198 valence electrons. The largest absolute Gasteiger partial charge is 0.350 e. The molecule has 8 heteroatoms. The second-order valence-electron chi connectivity index (χ2n) is 10.7. The Kier molecular flexibility index (Phi) is 9.71. The van der Waals surface area contributed by atoms with Crippen LogP contribution in [0.3, 0.4) is 0 Å². The van der Waals surface area contributed by atoms with Crippen molar-refractivity contribution in [3.05, 3.63) is 64.7 Å². The van der Waals surface area contributed by atoms with Gasteiger partial charge in [0.05, 0.1) is 11.9 Å². The number of anilines is 1. The quantitative estimate of drug-likeness (QED) is 0.505. The van der Waals surface area contributed by atoms with E-state index in [0.717, 1.165) is 22.3 Å².